The van der Waals surface area contributed by atoms with Gasteiger partial charge in [0, 0.05) is 37.7 Å². The molecular formula is C22H29NO4. The molecule has 1 aromatic carbocycles. The number of nitrogens with zero attached hydrogens (tertiary/aromatic N) is 1. The molecule has 0 radical (unpaired) electrons. The molecule has 2 aliphatic heterocycles. The molecule has 3 unspecified atom stereocenters. The third-order valence-corrected chi connectivity index (χ3v) is 7.85. The van der Waals surface area contributed by atoms with E-state index in [0.717, 1.165) is 37.3 Å². The summed E-state index contributed by atoms with van der Waals surface area (Å²) in [7, 11) is 7.44. The molecule has 1 spiro atoms. The van der Waals surface area contributed by atoms with Gasteiger partial charge >= 0.3 is 0 Å². The highest BCUT2D eigenvalue weighted by molar-refractivity contribution is 5.61. The van der Waals surface area contributed by atoms with Gasteiger partial charge in [0.1, 0.15) is 0 Å². The summed E-state index contributed by atoms with van der Waals surface area (Å²) in [5.74, 6) is 1.68. The van der Waals surface area contributed by atoms with Gasteiger partial charge in [-0.3, -0.25) is 0 Å². The highest BCUT2D eigenvalue weighted by Gasteiger charge is 2.72. The van der Waals surface area contributed by atoms with Gasteiger partial charge in [0.25, 0.3) is 0 Å². The van der Waals surface area contributed by atoms with Crippen LogP contribution in [0.4, 0.5) is 0 Å². The molecule has 5 heteroatoms. The fraction of sp³-hybridized carbons (Fsp3) is 0.636. The summed E-state index contributed by atoms with van der Waals surface area (Å²) >= 11 is 0. The van der Waals surface area contributed by atoms with Crippen LogP contribution in [0.1, 0.15) is 24.0 Å². The van der Waals surface area contributed by atoms with Crippen LogP contribution in [0.25, 0.3) is 0 Å². The second-order valence-electron chi connectivity index (χ2n) is 8.52. The minimum Gasteiger partial charge on any atom is -0.493 e. The standard InChI is InChI=1S/C22H29NO4/c1-6-13-12-22(25-4,26-5)20-21-9-10-23(2)15(17(13)21)11-14-7-8-16(24-3)19(27-20)18(14)21/h6-8,13,15,17,20H,1,9-12H2,2-5H3/t13-,15?,17?,20+,21?/m0/s1. The summed E-state index contributed by atoms with van der Waals surface area (Å²) in [6.07, 6.45) is 4.77. The van der Waals surface area contributed by atoms with Gasteiger partial charge in [0.15, 0.2) is 17.6 Å². The largest absolute Gasteiger partial charge is 0.493 e. The van der Waals surface area contributed by atoms with Gasteiger partial charge < -0.3 is 23.8 Å². The monoisotopic (exact) mass is 371 g/mol. The predicted octanol–water partition coefficient (Wildman–Crippen LogP) is 2.77. The average molecular weight is 371 g/mol. The molecule has 27 heavy (non-hydrogen) atoms. The first-order valence-corrected chi connectivity index (χ1v) is 9.86. The van der Waals surface area contributed by atoms with E-state index in [1.165, 1.54) is 11.1 Å². The van der Waals surface area contributed by atoms with E-state index < -0.39 is 5.79 Å². The molecule has 5 nitrogen and oxygen atoms in total. The second-order valence-corrected chi connectivity index (χ2v) is 8.52. The Hall–Kier alpha value is -1.56. The van der Waals surface area contributed by atoms with Crippen molar-refractivity contribution >= 4 is 0 Å². The van der Waals surface area contributed by atoms with E-state index in [2.05, 4.69) is 30.7 Å². The topological polar surface area (TPSA) is 40.2 Å². The number of likely N-dealkylation sites (tertiary alicyclic amines) is 1. The van der Waals surface area contributed by atoms with Crippen molar-refractivity contribution < 1.29 is 18.9 Å². The predicted molar refractivity (Wildman–Crippen MR) is 102 cm³/mol. The van der Waals surface area contributed by atoms with E-state index in [4.69, 9.17) is 18.9 Å². The number of piperidine rings is 1. The lowest BCUT2D eigenvalue weighted by molar-refractivity contribution is -0.299. The van der Waals surface area contributed by atoms with Crippen LogP contribution in [-0.4, -0.2) is 57.8 Å². The molecule has 1 aromatic rings. The van der Waals surface area contributed by atoms with Crippen molar-refractivity contribution in [1.82, 2.24) is 4.90 Å². The molecule has 5 rings (SSSR count). The number of allylic oxidation sites excluding steroid dienone is 1. The smallest absolute Gasteiger partial charge is 0.206 e. The lowest BCUT2D eigenvalue weighted by Crippen LogP contribution is -2.72. The maximum absolute atomic E-state index is 6.70. The molecule has 2 heterocycles. The van der Waals surface area contributed by atoms with Gasteiger partial charge in [-0.05, 0) is 49.9 Å². The number of benzene rings is 1. The van der Waals surface area contributed by atoms with Crippen LogP contribution < -0.4 is 9.47 Å². The fourth-order valence-electron chi connectivity index (χ4n) is 6.74. The first kappa shape index (κ1) is 17.5. The quantitative estimate of drug-likeness (QED) is 0.601. The Balaban J connectivity index is 1.82. The SMILES string of the molecule is C=C[C@H]1CC(OC)(OC)[C@@H]2Oc3c(OC)ccc4c3C23CCN(C)C(C4)C13. The Morgan fingerprint density at radius 1 is 1.26 bits per heavy atom. The van der Waals surface area contributed by atoms with E-state index in [9.17, 15) is 0 Å². The molecule has 0 N–H and O–H groups in total. The normalized spacial score (nSPS) is 38.1. The summed E-state index contributed by atoms with van der Waals surface area (Å²) in [4.78, 5) is 2.53. The molecule has 146 valence electrons. The highest BCUT2D eigenvalue weighted by Crippen LogP contribution is 2.67. The van der Waals surface area contributed by atoms with Crippen molar-refractivity contribution in [2.45, 2.75) is 42.6 Å². The second kappa shape index (κ2) is 5.72. The number of hydrogen-bond donors (Lipinski definition) is 0. The lowest BCUT2D eigenvalue weighted by Gasteiger charge is -2.63. The molecule has 2 bridgehead atoms. The molecule has 2 aliphatic carbocycles. The van der Waals surface area contributed by atoms with E-state index in [-0.39, 0.29) is 11.5 Å². The van der Waals surface area contributed by atoms with Gasteiger partial charge in [0.2, 0.25) is 5.79 Å². The Kier molecular flexibility index (Phi) is 3.72. The number of hydrogen-bond acceptors (Lipinski definition) is 5. The van der Waals surface area contributed by atoms with Gasteiger partial charge in [-0.25, -0.2) is 0 Å². The van der Waals surface area contributed by atoms with Crippen molar-refractivity contribution in [1.29, 1.82) is 0 Å². The van der Waals surface area contributed by atoms with Gasteiger partial charge in [-0.15, -0.1) is 6.58 Å². The average Bonchev–Trinajstić information content (AvgIpc) is 3.05. The van der Waals surface area contributed by atoms with Crippen molar-refractivity contribution in [2.75, 3.05) is 34.9 Å². The van der Waals surface area contributed by atoms with Crippen LogP contribution in [0.3, 0.4) is 0 Å². The van der Waals surface area contributed by atoms with Crippen LogP contribution in [-0.2, 0) is 21.3 Å². The van der Waals surface area contributed by atoms with Crippen LogP contribution in [0.15, 0.2) is 24.8 Å². The molecule has 1 saturated carbocycles. The lowest BCUT2D eigenvalue weighted by atomic mass is 9.48. The van der Waals surface area contributed by atoms with Gasteiger partial charge in [-0.1, -0.05) is 12.1 Å². The fourth-order valence-corrected chi connectivity index (χ4v) is 6.74. The van der Waals surface area contributed by atoms with Crippen LogP contribution in [0.2, 0.25) is 0 Å². The maximum Gasteiger partial charge on any atom is 0.206 e. The van der Waals surface area contributed by atoms with Crippen LogP contribution in [0, 0.1) is 11.8 Å². The Labute approximate surface area is 161 Å². The van der Waals surface area contributed by atoms with Crippen LogP contribution in [0.5, 0.6) is 11.5 Å². The molecule has 4 aliphatic rings. The zero-order valence-electron chi connectivity index (χ0n) is 16.7. The summed E-state index contributed by atoms with van der Waals surface area (Å²) < 4.78 is 24.5. The molecule has 2 fully saturated rings. The first-order valence-electron chi connectivity index (χ1n) is 9.86. The summed E-state index contributed by atoms with van der Waals surface area (Å²) in [6, 6.07) is 4.75. The highest BCUT2D eigenvalue weighted by atomic mass is 16.7. The first-order chi connectivity index (χ1) is 13.1. The molecule has 5 atom stereocenters. The molecule has 0 aromatic heterocycles. The van der Waals surface area contributed by atoms with Crippen molar-refractivity contribution in [2.24, 2.45) is 11.8 Å². The van der Waals surface area contributed by atoms with Crippen molar-refractivity contribution in [3.05, 3.63) is 35.9 Å². The summed E-state index contributed by atoms with van der Waals surface area (Å²) in [6.45, 7) is 5.24. The summed E-state index contributed by atoms with van der Waals surface area (Å²) in [5.41, 5.74) is 2.59. The molecule has 0 amide bonds. The molecular weight excluding hydrogens is 342 g/mol. The third kappa shape index (κ3) is 1.90. The zero-order chi connectivity index (χ0) is 19.0. The zero-order valence-corrected chi connectivity index (χ0v) is 16.7. The van der Waals surface area contributed by atoms with E-state index in [1.54, 1.807) is 21.3 Å². The van der Waals surface area contributed by atoms with Crippen LogP contribution >= 0.6 is 0 Å². The molecule has 1 saturated heterocycles. The number of rotatable bonds is 4. The Morgan fingerprint density at radius 3 is 2.70 bits per heavy atom. The number of likely N-dealkylation sites (N-methyl/N-ethyl adjacent to an activating group) is 1. The van der Waals surface area contributed by atoms with E-state index in [0.29, 0.717) is 17.9 Å². The Morgan fingerprint density at radius 2 is 2.04 bits per heavy atom. The van der Waals surface area contributed by atoms with Gasteiger partial charge in [0.05, 0.1) is 7.11 Å². The third-order valence-electron chi connectivity index (χ3n) is 7.85. The number of ether oxygens (including phenoxy) is 4. The minimum atomic E-state index is -0.783. The number of methoxy groups -OCH3 is 3. The van der Waals surface area contributed by atoms with Gasteiger partial charge in [-0.2, -0.15) is 0 Å². The maximum atomic E-state index is 6.70. The van der Waals surface area contributed by atoms with E-state index in [1.807, 2.05) is 6.07 Å². The Bertz CT molecular complexity index is 789. The van der Waals surface area contributed by atoms with Crippen molar-refractivity contribution in [3.63, 3.8) is 0 Å². The summed E-state index contributed by atoms with van der Waals surface area (Å²) in [5, 5.41) is 0. The van der Waals surface area contributed by atoms with Crippen molar-refractivity contribution in [3.8, 4) is 11.5 Å². The van der Waals surface area contributed by atoms with E-state index >= 15 is 0 Å². The minimum absolute atomic E-state index is 0.127.